The number of hydrogen-bond acceptors (Lipinski definition) is 7. The van der Waals surface area contributed by atoms with Gasteiger partial charge in [0.25, 0.3) is 0 Å². The first-order chi connectivity index (χ1) is 12.5. The summed E-state index contributed by atoms with van der Waals surface area (Å²) in [6, 6.07) is 6.79. The van der Waals surface area contributed by atoms with Crippen molar-refractivity contribution in [3.63, 3.8) is 0 Å². The van der Waals surface area contributed by atoms with E-state index in [-0.39, 0.29) is 10.6 Å². The monoisotopic (exact) mass is 398 g/mol. The molecule has 3 aliphatic heterocycles. The Bertz CT molecular complexity index is 815. The number of sulfone groups is 1. The summed E-state index contributed by atoms with van der Waals surface area (Å²) in [6.45, 7) is 9.10. The number of hydrogen-bond donors (Lipinski definition) is 0. The summed E-state index contributed by atoms with van der Waals surface area (Å²) in [5, 5.41) is 0. The summed E-state index contributed by atoms with van der Waals surface area (Å²) >= 11 is 0. The Kier molecular flexibility index (Phi) is 4.46. The van der Waals surface area contributed by atoms with Crippen molar-refractivity contribution in [2.24, 2.45) is 0 Å². The zero-order valence-electron chi connectivity index (χ0n) is 16.2. The van der Waals surface area contributed by atoms with Crippen LogP contribution in [0.15, 0.2) is 29.2 Å². The van der Waals surface area contributed by atoms with Gasteiger partial charge in [-0.05, 0) is 46.8 Å². The molecule has 0 saturated carbocycles. The molecule has 1 aromatic rings. The van der Waals surface area contributed by atoms with Gasteiger partial charge in [0.05, 0.1) is 10.6 Å². The minimum Gasteiger partial charge on any atom is -0.343 e. The van der Waals surface area contributed by atoms with Gasteiger partial charge in [-0.1, -0.05) is 17.7 Å². The van der Waals surface area contributed by atoms with E-state index >= 15 is 0 Å². The fourth-order valence-corrected chi connectivity index (χ4v) is 5.33. The Labute approximate surface area is 159 Å². The first-order valence-corrected chi connectivity index (χ1v) is 10.8. The molecular weight excluding hydrogens is 372 g/mol. The number of rotatable bonds is 3. The van der Waals surface area contributed by atoms with Crippen molar-refractivity contribution < 1.29 is 32.1 Å². The summed E-state index contributed by atoms with van der Waals surface area (Å²) in [4.78, 5) is 0.262. The van der Waals surface area contributed by atoms with Crippen molar-refractivity contribution in [2.75, 3.05) is 5.75 Å². The van der Waals surface area contributed by atoms with E-state index in [9.17, 15) is 8.42 Å². The SMILES string of the molecule is Cc1ccc(S(=O)(=O)C[C@H]2O[C@@H]3OC(C)(C)O[C@@H]3[C@H]3OC(C)(C)O[C@H]32)cc1. The molecule has 8 heteroatoms. The maximum Gasteiger partial charge on any atom is 0.190 e. The van der Waals surface area contributed by atoms with Gasteiger partial charge >= 0.3 is 0 Å². The Hall–Kier alpha value is -1.03. The third-order valence-corrected chi connectivity index (χ3v) is 6.77. The van der Waals surface area contributed by atoms with Gasteiger partial charge < -0.3 is 23.7 Å². The average molecular weight is 398 g/mol. The zero-order valence-corrected chi connectivity index (χ0v) is 17.0. The van der Waals surface area contributed by atoms with Crippen molar-refractivity contribution >= 4 is 9.84 Å². The lowest BCUT2D eigenvalue weighted by Gasteiger charge is -2.37. The Morgan fingerprint density at radius 3 is 2.07 bits per heavy atom. The lowest BCUT2D eigenvalue weighted by molar-refractivity contribution is -0.228. The first kappa shape index (κ1) is 19.3. The van der Waals surface area contributed by atoms with Crippen LogP contribution < -0.4 is 0 Å². The minimum absolute atomic E-state index is 0.219. The molecule has 3 heterocycles. The molecule has 5 atom stereocenters. The van der Waals surface area contributed by atoms with E-state index in [0.717, 1.165) is 5.56 Å². The molecule has 0 amide bonds. The van der Waals surface area contributed by atoms with Crippen LogP contribution in [0.25, 0.3) is 0 Å². The molecule has 0 spiro atoms. The molecule has 3 saturated heterocycles. The molecule has 0 radical (unpaired) electrons. The van der Waals surface area contributed by atoms with Crippen LogP contribution in [-0.4, -0.2) is 56.5 Å². The third kappa shape index (κ3) is 3.66. The van der Waals surface area contributed by atoms with Gasteiger partial charge in [-0.2, -0.15) is 0 Å². The first-order valence-electron chi connectivity index (χ1n) is 9.12. The second-order valence-corrected chi connectivity index (χ2v) is 10.3. The molecule has 3 fully saturated rings. The largest absolute Gasteiger partial charge is 0.343 e. The normalized spacial score (nSPS) is 37.0. The summed E-state index contributed by atoms with van der Waals surface area (Å²) in [5.41, 5.74) is 0.999. The topological polar surface area (TPSA) is 80.3 Å². The maximum absolute atomic E-state index is 12.9. The number of fused-ring (bicyclic) bond motifs is 3. The second kappa shape index (κ2) is 6.23. The molecule has 1 aromatic carbocycles. The number of aryl methyl sites for hydroxylation is 1. The molecule has 0 unspecified atom stereocenters. The van der Waals surface area contributed by atoms with Crippen molar-refractivity contribution in [3.8, 4) is 0 Å². The second-order valence-electron chi connectivity index (χ2n) is 8.30. The smallest absolute Gasteiger partial charge is 0.190 e. The molecule has 150 valence electrons. The van der Waals surface area contributed by atoms with Crippen LogP contribution in [0, 0.1) is 6.92 Å². The van der Waals surface area contributed by atoms with Gasteiger partial charge in [0, 0.05) is 0 Å². The molecular formula is C19H26O7S. The molecule has 27 heavy (non-hydrogen) atoms. The van der Waals surface area contributed by atoms with Gasteiger partial charge in [0.15, 0.2) is 27.7 Å². The standard InChI is InChI=1S/C19H26O7S/c1-11-6-8-12(9-7-11)27(20,21)10-13-14-15(24-18(2,3)23-14)16-17(22-13)26-19(4,5)25-16/h6-9,13-17H,10H2,1-5H3/t13-,14+,15+,16-,17-/m1/s1. The highest BCUT2D eigenvalue weighted by Gasteiger charge is 2.61. The number of ether oxygens (including phenoxy) is 5. The summed E-state index contributed by atoms with van der Waals surface area (Å²) < 4.78 is 55.6. The Morgan fingerprint density at radius 1 is 0.852 bits per heavy atom. The van der Waals surface area contributed by atoms with Gasteiger partial charge in [0.2, 0.25) is 0 Å². The third-order valence-electron chi connectivity index (χ3n) is 5.01. The molecule has 7 nitrogen and oxygen atoms in total. The quantitative estimate of drug-likeness (QED) is 0.772. The van der Waals surface area contributed by atoms with Gasteiger partial charge in [-0.3, -0.25) is 0 Å². The summed E-state index contributed by atoms with van der Waals surface area (Å²) in [6.07, 6.45) is -2.90. The van der Waals surface area contributed by atoms with Crippen LogP contribution in [0.1, 0.15) is 33.3 Å². The number of benzene rings is 1. The van der Waals surface area contributed by atoms with E-state index in [1.165, 1.54) is 0 Å². The van der Waals surface area contributed by atoms with Crippen LogP contribution in [0.3, 0.4) is 0 Å². The predicted molar refractivity (Wildman–Crippen MR) is 95.8 cm³/mol. The molecule has 4 rings (SSSR count). The molecule has 0 aromatic heterocycles. The lowest BCUT2D eigenvalue weighted by Crippen LogP contribution is -2.56. The highest BCUT2D eigenvalue weighted by Crippen LogP contribution is 2.44. The van der Waals surface area contributed by atoms with Crippen LogP contribution >= 0.6 is 0 Å². The van der Waals surface area contributed by atoms with Crippen molar-refractivity contribution in [3.05, 3.63) is 29.8 Å². The van der Waals surface area contributed by atoms with Crippen LogP contribution in [0.5, 0.6) is 0 Å². The summed E-state index contributed by atoms with van der Waals surface area (Å²) in [7, 11) is -3.57. The summed E-state index contributed by atoms with van der Waals surface area (Å²) in [5.74, 6) is -1.90. The Balaban J connectivity index is 1.61. The van der Waals surface area contributed by atoms with Gasteiger partial charge in [-0.15, -0.1) is 0 Å². The van der Waals surface area contributed by atoms with Crippen molar-refractivity contribution in [2.45, 2.75) is 81.8 Å². The predicted octanol–water partition coefficient (Wildman–Crippen LogP) is 2.17. The maximum atomic E-state index is 12.9. The zero-order chi connectivity index (χ0) is 19.6. The fraction of sp³-hybridized carbons (Fsp3) is 0.684. The fourth-order valence-electron chi connectivity index (χ4n) is 3.89. The molecule has 3 aliphatic rings. The highest BCUT2D eigenvalue weighted by atomic mass is 32.2. The van der Waals surface area contributed by atoms with Crippen LogP contribution in [0.4, 0.5) is 0 Å². The van der Waals surface area contributed by atoms with E-state index in [1.54, 1.807) is 52.0 Å². The van der Waals surface area contributed by atoms with Crippen LogP contribution in [0.2, 0.25) is 0 Å². The van der Waals surface area contributed by atoms with Crippen molar-refractivity contribution in [1.29, 1.82) is 0 Å². The van der Waals surface area contributed by atoms with E-state index in [4.69, 9.17) is 23.7 Å². The Morgan fingerprint density at radius 2 is 1.41 bits per heavy atom. The highest BCUT2D eigenvalue weighted by molar-refractivity contribution is 7.91. The van der Waals surface area contributed by atoms with Gasteiger partial charge in [0.1, 0.15) is 24.4 Å². The van der Waals surface area contributed by atoms with Crippen LogP contribution in [-0.2, 0) is 33.5 Å². The van der Waals surface area contributed by atoms with E-state index in [0.29, 0.717) is 0 Å². The lowest BCUT2D eigenvalue weighted by atomic mass is 10.00. The van der Waals surface area contributed by atoms with Crippen molar-refractivity contribution in [1.82, 2.24) is 0 Å². The van der Waals surface area contributed by atoms with E-state index in [1.807, 2.05) is 6.92 Å². The average Bonchev–Trinajstić information content (AvgIpc) is 3.02. The molecule has 0 bridgehead atoms. The van der Waals surface area contributed by atoms with Gasteiger partial charge in [-0.25, -0.2) is 8.42 Å². The molecule has 0 aliphatic carbocycles. The van der Waals surface area contributed by atoms with E-state index in [2.05, 4.69) is 0 Å². The van der Waals surface area contributed by atoms with E-state index < -0.39 is 52.1 Å². The minimum atomic E-state index is -3.57. The molecule has 0 N–H and O–H groups in total.